The van der Waals surface area contributed by atoms with Crippen LogP contribution in [0.5, 0.6) is 17.2 Å². The molecule has 48 heavy (non-hydrogen) atoms. The first-order valence-electron chi connectivity index (χ1n) is 17.0. The number of hydrogen-bond donors (Lipinski definition) is 3. The molecule has 0 aliphatic heterocycles. The van der Waals surface area contributed by atoms with Crippen LogP contribution in [0.1, 0.15) is 121 Å². The molecule has 3 aromatic rings. The molecule has 0 saturated heterocycles. The topological polar surface area (TPSA) is 140 Å². The fraction of sp³-hybridized carbons (Fsp3) is 0.462. The fourth-order valence-electron chi connectivity index (χ4n) is 7.54. The van der Waals surface area contributed by atoms with Gasteiger partial charge in [-0.1, -0.05) is 68.9 Å². The molecule has 0 radical (unpaired) electrons. The lowest BCUT2D eigenvalue weighted by Crippen LogP contribution is -2.17. The van der Waals surface area contributed by atoms with Crippen LogP contribution >= 0.6 is 0 Å². The Morgan fingerprint density at radius 1 is 0.583 bits per heavy atom. The first-order valence-corrected chi connectivity index (χ1v) is 17.0. The van der Waals surface area contributed by atoms with Crippen molar-refractivity contribution in [2.45, 2.75) is 95.8 Å². The van der Waals surface area contributed by atoms with Crippen molar-refractivity contribution in [2.24, 2.45) is 0 Å². The van der Waals surface area contributed by atoms with Crippen LogP contribution in [0.15, 0.2) is 48.5 Å². The number of ether oxygens (including phenoxy) is 3. The van der Waals surface area contributed by atoms with Gasteiger partial charge < -0.3 is 29.5 Å². The third kappa shape index (κ3) is 8.48. The van der Waals surface area contributed by atoms with E-state index in [1.807, 2.05) is 44.2 Å². The van der Waals surface area contributed by atoms with E-state index in [4.69, 9.17) is 14.2 Å². The molecule has 0 amide bonds. The minimum atomic E-state index is -1.08. The van der Waals surface area contributed by atoms with E-state index >= 15 is 0 Å². The van der Waals surface area contributed by atoms with Crippen molar-refractivity contribution in [2.75, 3.05) is 19.8 Å². The highest BCUT2D eigenvalue weighted by molar-refractivity contribution is 5.70. The molecule has 2 saturated carbocycles. The number of rotatable bonds is 14. The first-order chi connectivity index (χ1) is 23.1. The van der Waals surface area contributed by atoms with Crippen LogP contribution in [0, 0.1) is 13.8 Å². The fourth-order valence-corrected chi connectivity index (χ4v) is 7.54. The second kappa shape index (κ2) is 16.0. The van der Waals surface area contributed by atoms with Gasteiger partial charge in [-0.3, -0.25) is 0 Å². The van der Waals surface area contributed by atoms with E-state index in [-0.39, 0.29) is 17.8 Å². The quantitative estimate of drug-likeness (QED) is 0.147. The average molecular weight is 659 g/mol. The number of benzene rings is 3. The van der Waals surface area contributed by atoms with E-state index in [0.29, 0.717) is 17.2 Å². The van der Waals surface area contributed by atoms with E-state index in [9.17, 15) is 29.7 Å². The molecule has 0 heterocycles. The van der Waals surface area contributed by atoms with Gasteiger partial charge in [0.05, 0.1) is 0 Å². The van der Waals surface area contributed by atoms with Gasteiger partial charge in [-0.05, 0) is 103 Å². The lowest BCUT2D eigenvalue weighted by molar-refractivity contribution is -0.140. The van der Waals surface area contributed by atoms with Crippen molar-refractivity contribution < 1.29 is 43.9 Å². The Hall–Kier alpha value is -4.53. The lowest BCUT2D eigenvalue weighted by Gasteiger charge is -2.31. The highest BCUT2D eigenvalue weighted by atomic mass is 16.5. The van der Waals surface area contributed by atoms with Gasteiger partial charge in [0, 0.05) is 11.5 Å². The molecule has 5 rings (SSSR count). The number of aliphatic carboxylic acids is 3. The molecule has 0 atom stereocenters. The maximum Gasteiger partial charge on any atom is 0.341 e. The summed E-state index contributed by atoms with van der Waals surface area (Å²) in [5.74, 6) is -1.49. The summed E-state index contributed by atoms with van der Waals surface area (Å²) in [5.41, 5.74) is 6.54. The number of para-hydroxylation sites is 1. The summed E-state index contributed by atoms with van der Waals surface area (Å²) in [5, 5.41) is 28.4. The van der Waals surface area contributed by atoms with Crippen molar-refractivity contribution in [1.29, 1.82) is 0 Å². The van der Waals surface area contributed by atoms with Gasteiger partial charge in [0.15, 0.2) is 19.8 Å². The molecule has 0 bridgehead atoms. The second-order valence-electron chi connectivity index (χ2n) is 13.2. The lowest BCUT2D eigenvalue weighted by atomic mass is 9.75. The Balaban J connectivity index is 1.74. The third-order valence-corrected chi connectivity index (χ3v) is 9.79. The number of aryl methyl sites for hydroxylation is 2. The monoisotopic (exact) mass is 658 g/mol. The molecular formula is C39H46O9. The normalized spacial score (nSPS) is 15.6. The van der Waals surface area contributed by atoms with E-state index in [1.54, 1.807) is 6.07 Å². The number of hydrogen-bond acceptors (Lipinski definition) is 6. The van der Waals surface area contributed by atoms with Crippen LogP contribution in [0.2, 0.25) is 0 Å². The van der Waals surface area contributed by atoms with Crippen LogP contribution in [-0.4, -0.2) is 53.0 Å². The summed E-state index contributed by atoms with van der Waals surface area (Å²) in [4.78, 5) is 34.6. The zero-order valence-electron chi connectivity index (χ0n) is 27.8. The van der Waals surface area contributed by atoms with Crippen LogP contribution in [0.3, 0.4) is 0 Å². The second-order valence-corrected chi connectivity index (χ2v) is 13.2. The maximum atomic E-state index is 11.6. The molecule has 9 nitrogen and oxygen atoms in total. The molecule has 0 aromatic heterocycles. The molecule has 3 aromatic carbocycles. The van der Waals surface area contributed by atoms with Gasteiger partial charge in [0.2, 0.25) is 0 Å². The molecule has 256 valence electrons. The Morgan fingerprint density at radius 3 is 1.40 bits per heavy atom. The highest BCUT2D eigenvalue weighted by Gasteiger charge is 2.30. The van der Waals surface area contributed by atoms with E-state index in [0.717, 1.165) is 103 Å². The minimum absolute atomic E-state index is 0.215. The van der Waals surface area contributed by atoms with E-state index in [1.165, 1.54) is 0 Å². The number of carbonyl (C=O) groups is 3. The molecule has 2 fully saturated rings. The average Bonchev–Trinajstić information content (AvgIpc) is 3.08. The van der Waals surface area contributed by atoms with Crippen molar-refractivity contribution in [1.82, 2.24) is 0 Å². The smallest absolute Gasteiger partial charge is 0.341 e. The standard InChI is InChI=1S/C39H46O9/c1-24-17-34(47-22-37(42)43)31(26-11-5-3-6-12-26)19-29(24)39(28-15-9-10-16-33(28)46-21-36(40)41)30-20-32(27-13-7-4-8-14-27)35(18-25(30)2)48-23-38(44)45/h9-10,15-20,26-27,39H,3-8,11-14,21-23H2,1-2H3,(H,40,41)(H,42,43)(H,44,45). The molecule has 3 N–H and O–H groups in total. The predicted octanol–water partition coefficient (Wildman–Crippen LogP) is 7.97. The molecule has 0 spiro atoms. The summed E-state index contributed by atoms with van der Waals surface area (Å²) >= 11 is 0. The Bertz CT molecular complexity index is 1530. The SMILES string of the molecule is Cc1cc(OCC(=O)O)c(C2CCCCC2)cc1C(c1cc(C2CCCCC2)c(OCC(=O)O)cc1C)c1ccccc1OCC(=O)O. The van der Waals surface area contributed by atoms with Crippen molar-refractivity contribution in [3.63, 3.8) is 0 Å². The van der Waals surface area contributed by atoms with Crippen LogP contribution in [0.4, 0.5) is 0 Å². The van der Waals surface area contributed by atoms with Crippen molar-refractivity contribution >= 4 is 17.9 Å². The van der Waals surface area contributed by atoms with Crippen molar-refractivity contribution in [3.8, 4) is 17.2 Å². The van der Waals surface area contributed by atoms with E-state index in [2.05, 4.69) is 12.1 Å². The van der Waals surface area contributed by atoms with Crippen LogP contribution in [0.25, 0.3) is 0 Å². The molecule has 0 unspecified atom stereocenters. The Kier molecular flexibility index (Phi) is 11.6. The van der Waals surface area contributed by atoms with Crippen molar-refractivity contribution in [3.05, 3.63) is 87.5 Å². The van der Waals surface area contributed by atoms with Gasteiger partial charge in [-0.15, -0.1) is 0 Å². The van der Waals surface area contributed by atoms with E-state index < -0.39 is 37.7 Å². The molecule has 2 aliphatic rings. The Morgan fingerprint density at radius 2 is 0.979 bits per heavy atom. The zero-order valence-corrected chi connectivity index (χ0v) is 27.8. The van der Waals surface area contributed by atoms with Gasteiger partial charge in [0.25, 0.3) is 0 Å². The summed E-state index contributed by atoms with van der Waals surface area (Å²) in [6, 6.07) is 15.7. The van der Waals surface area contributed by atoms with Gasteiger partial charge in [0.1, 0.15) is 17.2 Å². The number of carboxylic acids is 3. The van der Waals surface area contributed by atoms with Gasteiger partial charge in [-0.2, -0.15) is 0 Å². The van der Waals surface area contributed by atoms with Gasteiger partial charge in [-0.25, -0.2) is 14.4 Å². The summed E-state index contributed by atoms with van der Waals surface area (Å²) < 4.78 is 17.7. The molecule has 2 aliphatic carbocycles. The predicted molar refractivity (Wildman–Crippen MR) is 181 cm³/mol. The number of carboxylic acid groups (broad SMARTS) is 3. The largest absolute Gasteiger partial charge is 0.482 e. The van der Waals surface area contributed by atoms with Crippen LogP contribution in [-0.2, 0) is 14.4 Å². The molecule has 9 heteroatoms. The van der Waals surface area contributed by atoms with Crippen LogP contribution < -0.4 is 14.2 Å². The first kappa shape index (κ1) is 34.8. The molecular weight excluding hydrogens is 612 g/mol. The summed E-state index contributed by atoms with van der Waals surface area (Å²) in [6.07, 6.45) is 10.6. The van der Waals surface area contributed by atoms with Gasteiger partial charge >= 0.3 is 17.9 Å². The third-order valence-electron chi connectivity index (χ3n) is 9.79. The highest BCUT2D eigenvalue weighted by Crippen LogP contribution is 2.47. The maximum absolute atomic E-state index is 11.6. The minimum Gasteiger partial charge on any atom is -0.482 e. The zero-order chi connectivity index (χ0) is 34.2. The summed E-state index contributed by atoms with van der Waals surface area (Å²) in [7, 11) is 0. The Labute approximate surface area is 281 Å². The summed E-state index contributed by atoms with van der Waals surface area (Å²) in [6.45, 7) is 2.61.